The Labute approximate surface area is 141 Å². The number of hydrogen-bond acceptors (Lipinski definition) is 4. The largest absolute Gasteiger partial charge is 0.478 e. The van der Waals surface area contributed by atoms with Crippen molar-refractivity contribution < 1.29 is 14.7 Å². The van der Waals surface area contributed by atoms with Crippen LogP contribution in [0.3, 0.4) is 0 Å². The molecule has 1 amide bonds. The molecular formula is C14H18BrN5O3. The average Bonchev–Trinajstić information content (AvgIpc) is 3.10. The third-order valence-electron chi connectivity index (χ3n) is 3.37. The van der Waals surface area contributed by atoms with Crippen molar-refractivity contribution in [1.29, 1.82) is 0 Å². The molecule has 23 heavy (non-hydrogen) atoms. The molecule has 0 spiro atoms. The van der Waals surface area contributed by atoms with Gasteiger partial charge in [0.05, 0.1) is 21.9 Å². The van der Waals surface area contributed by atoms with Gasteiger partial charge < -0.3 is 10.4 Å². The van der Waals surface area contributed by atoms with E-state index < -0.39 is 12.0 Å². The number of carboxylic acids is 1. The van der Waals surface area contributed by atoms with E-state index in [9.17, 15) is 9.59 Å². The van der Waals surface area contributed by atoms with Gasteiger partial charge in [-0.05, 0) is 36.2 Å². The standard InChI is InChI=1S/C14H18BrN5O3/c1-9-12(15)8-19(18-9)5-3-4-16-13(21)10(2)20-7-11(6-17-20)14(22)23/h6-8,10H,3-5H2,1-2H3,(H,16,21)(H,22,23). The summed E-state index contributed by atoms with van der Waals surface area (Å²) in [5, 5.41) is 19.9. The lowest BCUT2D eigenvalue weighted by Crippen LogP contribution is -2.32. The molecule has 124 valence electrons. The highest BCUT2D eigenvalue weighted by Crippen LogP contribution is 2.13. The summed E-state index contributed by atoms with van der Waals surface area (Å²) >= 11 is 3.40. The van der Waals surface area contributed by atoms with Gasteiger partial charge in [-0.2, -0.15) is 10.2 Å². The summed E-state index contributed by atoms with van der Waals surface area (Å²) in [6.45, 7) is 4.79. The minimum atomic E-state index is -1.07. The number of halogens is 1. The van der Waals surface area contributed by atoms with Crippen LogP contribution < -0.4 is 5.32 Å². The average molecular weight is 384 g/mol. The Morgan fingerprint density at radius 2 is 2.17 bits per heavy atom. The predicted molar refractivity (Wildman–Crippen MR) is 86.2 cm³/mol. The molecule has 2 aromatic heterocycles. The molecule has 0 aliphatic heterocycles. The highest BCUT2D eigenvalue weighted by molar-refractivity contribution is 9.10. The van der Waals surface area contributed by atoms with E-state index in [2.05, 4.69) is 31.4 Å². The molecule has 0 saturated carbocycles. The highest BCUT2D eigenvalue weighted by Gasteiger charge is 2.17. The van der Waals surface area contributed by atoms with Gasteiger partial charge in [0.15, 0.2) is 0 Å². The zero-order valence-electron chi connectivity index (χ0n) is 12.9. The third kappa shape index (κ3) is 4.41. The summed E-state index contributed by atoms with van der Waals surface area (Å²) in [6, 6.07) is -0.566. The number of nitrogens with one attached hydrogen (secondary N) is 1. The second-order valence-corrected chi connectivity index (χ2v) is 6.01. The Hall–Kier alpha value is -2.16. The van der Waals surface area contributed by atoms with E-state index in [4.69, 9.17) is 5.11 Å². The normalized spacial score (nSPS) is 12.1. The maximum Gasteiger partial charge on any atom is 0.338 e. The van der Waals surface area contributed by atoms with E-state index in [1.54, 1.807) is 6.92 Å². The van der Waals surface area contributed by atoms with E-state index in [-0.39, 0.29) is 11.5 Å². The molecule has 0 fully saturated rings. The van der Waals surface area contributed by atoms with E-state index >= 15 is 0 Å². The minimum Gasteiger partial charge on any atom is -0.478 e. The summed E-state index contributed by atoms with van der Waals surface area (Å²) < 4.78 is 4.12. The van der Waals surface area contributed by atoms with E-state index in [1.165, 1.54) is 17.1 Å². The van der Waals surface area contributed by atoms with Gasteiger partial charge >= 0.3 is 5.97 Å². The van der Waals surface area contributed by atoms with Crippen molar-refractivity contribution in [2.75, 3.05) is 6.54 Å². The maximum atomic E-state index is 12.0. The Morgan fingerprint density at radius 1 is 1.43 bits per heavy atom. The van der Waals surface area contributed by atoms with E-state index in [0.29, 0.717) is 13.1 Å². The summed E-state index contributed by atoms with van der Waals surface area (Å²) in [5.74, 6) is -1.27. The monoisotopic (exact) mass is 383 g/mol. The number of carboxylic acid groups (broad SMARTS) is 1. The quantitative estimate of drug-likeness (QED) is 0.707. The van der Waals surface area contributed by atoms with Crippen LogP contribution in [0, 0.1) is 6.92 Å². The lowest BCUT2D eigenvalue weighted by Gasteiger charge is -2.12. The number of rotatable bonds is 7. The van der Waals surface area contributed by atoms with Gasteiger partial charge in [-0.25, -0.2) is 4.79 Å². The zero-order chi connectivity index (χ0) is 17.0. The zero-order valence-corrected chi connectivity index (χ0v) is 14.4. The molecule has 2 rings (SSSR count). The number of aryl methyl sites for hydroxylation is 2. The Balaban J connectivity index is 1.78. The molecule has 1 atom stereocenters. The van der Waals surface area contributed by atoms with Crippen LogP contribution in [0.5, 0.6) is 0 Å². The second kappa shape index (κ2) is 7.40. The van der Waals surface area contributed by atoms with Crippen LogP contribution in [-0.2, 0) is 11.3 Å². The number of nitrogens with zero attached hydrogens (tertiary/aromatic N) is 4. The lowest BCUT2D eigenvalue weighted by molar-refractivity contribution is -0.124. The second-order valence-electron chi connectivity index (χ2n) is 5.16. The van der Waals surface area contributed by atoms with Crippen LogP contribution in [0.2, 0.25) is 0 Å². The fraction of sp³-hybridized carbons (Fsp3) is 0.429. The molecule has 2 heterocycles. The number of aromatic carboxylic acids is 1. The molecule has 2 N–H and O–H groups in total. The van der Waals surface area contributed by atoms with E-state index in [1.807, 2.05) is 17.8 Å². The van der Waals surface area contributed by atoms with Crippen molar-refractivity contribution in [3.63, 3.8) is 0 Å². The SMILES string of the molecule is Cc1nn(CCCNC(=O)C(C)n2cc(C(=O)O)cn2)cc1Br. The van der Waals surface area contributed by atoms with Crippen LogP contribution >= 0.6 is 15.9 Å². The number of carbonyl (C=O) groups excluding carboxylic acids is 1. The molecule has 0 aliphatic carbocycles. The van der Waals surface area contributed by atoms with Crippen LogP contribution in [-0.4, -0.2) is 43.1 Å². The van der Waals surface area contributed by atoms with Crippen molar-refractivity contribution in [2.24, 2.45) is 0 Å². The first kappa shape index (κ1) is 17.2. The van der Waals surface area contributed by atoms with Crippen LogP contribution in [0.25, 0.3) is 0 Å². The van der Waals surface area contributed by atoms with Crippen molar-refractivity contribution in [1.82, 2.24) is 24.9 Å². The fourth-order valence-corrected chi connectivity index (χ4v) is 2.30. The van der Waals surface area contributed by atoms with Gasteiger partial charge in [-0.15, -0.1) is 0 Å². The van der Waals surface area contributed by atoms with Gasteiger partial charge in [-0.3, -0.25) is 14.2 Å². The highest BCUT2D eigenvalue weighted by atomic mass is 79.9. The van der Waals surface area contributed by atoms with Gasteiger partial charge in [0, 0.05) is 25.5 Å². The summed E-state index contributed by atoms with van der Waals surface area (Å²) in [6.07, 6.45) is 5.21. The van der Waals surface area contributed by atoms with Crippen molar-refractivity contribution >= 4 is 27.8 Å². The predicted octanol–water partition coefficient (Wildman–Crippen LogP) is 1.62. The number of amides is 1. The third-order valence-corrected chi connectivity index (χ3v) is 4.15. The Bertz CT molecular complexity index is 690. The molecule has 0 aromatic carbocycles. The molecule has 1 unspecified atom stereocenters. The fourth-order valence-electron chi connectivity index (χ4n) is 1.99. The van der Waals surface area contributed by atoms with Gasteiger partial charge in [0.2, 0.25) is 5.91 Å². The van der Waals surface area contributed by atoms with Crippen LogP contribution in [0.15, 0.2) is 23.1 Å². The summed E-state index contributed by atoms with van der Waals surface area (Å²) in [7, 11) is 0. The summed E-state index contributed by atoms with van der Waals surface area (Å²) in [5.41, 5.74) is 0.986. The number of carbonyl (C=O) groups is 2. The molecule has 0 saturated heterocycles. The minimum absolute atomic E-state index is 0.0595. The van der Waals surface area contributed by atoms with Crippen molar-refractivity contribution in [3.05, 3.63) is 34.3 Å². The number of aromatic nitrogens is 4. The first-order valence-corrected chi connectivity index (χ1v) is 7.92. The molecule has 0 aliphatic rings. The molecule has 8 nitrogen and oxygen atoms in total. The molecular weight excluding hydrogens is 366 g/mol. The van der Waals surface area contributed by atoms with Crippen molar-refractivity contribution in [3.8, 4) is 0 Å². The smallest absolute Gasteiger partial charge is 0.338 e. The Kier molecular flexibility index (Phi) is 5.54. The van der Waals surface area contributed by atoms with Crippen molar-refractivity contribution in [2.45, 2.75) is 32.9 Å². The van der Waals surface area contributed by atoms with Gasteiger partial charge in [0.1, 0.15) is 6.04 Å². The van der Waals surface area contributed by atoms with E-state index in [0.717, 1.165) is 16.6 Å². The lowest BCUT2D eigenvalue weighted by atomic mass is 10.3. The Morgan fingerprint density at radius 3 is 2.74 bits per heavy atom. The maximum absolute atomic E-state index is 12.0. The van der Waals surface area contributed by atoms with Crippen LogP contribution in [0.4, 0.5) is 0 Å². The molecule has 0 radical (unpaired) electrons. The summed E-state index contributed by atoms with van der Waals surface area (Å²) in [4.78, 5) is 22.9. The first-order valence-electron chi connectivity index (χ1n) is 7.13. The van der Waals surface area contributed by atoms with Gasteiger partial charge in [-0.1, -0.05) is 0 Å². The van der Waals surface area contributed by atoms with Gasteiger partial charge in [0.25, 0.3) is 0 Å². The molecule has 0 bridgehead atoms. The van der Waals surface area contributed by atoms with Crippen LogP contribution in [0.1, 0.15) is 35.4 Å². The first-order chi connectivity index (χ1) is 10.9. The topological polar surface area (TPSA) is 102 Å². The number of hydrogen-bond donors (Lipinski definition) is 2. The molecule has 9 heteroatoms. The molecule has 2 aromatic rings.